The minimum absolute atomic E-state index is 0.966. The topological polar surface area (TPSA) is 28.2 Å². The van der Waals surface area contributed by atoms with Gasteiger partial charge in [0, 0.05) is 24.5 Å². The Labute approximate surface area is 95.5 Å². The lowest BCUT2D eigenvalue weighted by Gasteiger charge is -2.12. The summed E-state index contributed by atoms with van der Waals surface area (Å²) in [4.78, 5) is 8.45. The average molecular weight is 225 g/mol. The molecule has 4 heteroatoms. The molecule has 0 amide bonds. The second-order valence-corrected chi connectivity index (χ2v) is 5.04. The first-order valence-electron chi connectivity index (χ1n) is 5.73. The van der Waals surface area contributed by atoms with Crippen LogP contribution in [0.2, 0.25) is 0 Å². The summed E-state index contributed by atoms with van der Waals surface area (Å²) in [6, 6.07) is 0. The number of thiazole rings is 1. The highest BCUT2D eigenvalue weighted by molar-refractivity contribution is 7.15. The van der Waals surface area contributed by atoms with Crippen LogP contribution in [0.25, 0.3) is 0 Å². The fraction of sp³-hybridized carbons (Fsp3) is 0.727. The Morgan fingerprint density at radius 1 is 1.40 bits per heavy atom. The summed E-state index contributed by atoms with van der Waals surface area (Å²) in [6.45, 7) is 8.62. The van der Waals surface area contributed by atoms with Crippen LogP contribution in [0.5, 0.6) is 0 Å². The molecule has 3 nitrogen and oxygen atoms in total. The van der Waals surface area contributed by atoms with Crippen molar-refractivity contribution in [3.8, 4) is 0 Å². The molecule has 84 valence electrons. The number of aryl methyl sites for hydroxylation is 1. The summed E-state index contributed by atoms with van der Waals surface area (Å²) in [5.41, 5.74) is 1.20. The highest BCUT2D eigenvalue weighted by Gasteiger charge is 2.17. The van der Waals surface area contributed by atoms with E-state index < -0.39 is 0 Å². The Hall–Kier alpha value is -0.610. The number of nitrogens with one attached hydrogen (secondary N) is 1. The minimum atomic E-state index is 0.966. The molecular formula is C11H19N3S. The Kier molecular flexibility index (Phi) is 3.59. The molecule has 0 saturated carbocycles. The molecule has 1 aliphatic heterocycles. The first-order valence-corrected chi connectivity index (χ1v) is 6.55. The van der Waals surface area contributed by atoms with Gasteiger partial charge in [-0.15, -0.1) is 11.3 Å². The SMILES string of the molecule is CCNCc1sc(N2CCCC2)nc1C. The number of nitrogens with zero attached hydrogens (tertiary/aromatic N) is 2. The number of hydrogen-bond acceptors (Lipinski definition) is 4. The van der Waals surface area contributed by atoms with Gasteiger partial charge in [-0.1, -0.05) is 6.92 Å². The second kappa shape index (κ2) is 4.94. The van der Waals surface area contributed by atoms with E-state index in [9.17, 15) is 0 Å². The number of aromatic nitrogens is 1. The van der Waals surface area contributed by atoms with Crippen LogP contribution in [0.15, 0.2) is 0 Å². The molecule has 0 bridgehead atoms. The molecule has 2 rings (SSSR count). The number of rotatable bonds is 4. The van der Waals surface area contributed by atoms with Crippen LogP contribution in [-0.4, -0.2) is 24.6 Å². The Balaban J connectivity index is 2.06. The molecular weight excluding hydrogens is 206 g/mol. The van der Waals surface area contributed by atoms with E-state index in [0.717, 1.165) is 13.1 Å². The van der Waals surface area contributed by atoms with Crippen LogP contribution in [0, 0.1) is 6.92 Å². The van der Waals surface area contributed by atoms with Gasteiger partial charge in [0.15, 0.2) is 5.13 Å². The van der Waals surface area contributed by atoms with E-state index in [1.807, 2.05) is 11.3 Å². The van der Waals surface area contributed by atoms with E-state index in [2.05, 4.69) is 29.0 Å². The molecule has 0 spiro atoms. The Morgan fingerprint density at radius 3 is 2.80 bits per heavy atom. The van der Waals surface area contributed by atoms with Crippen molar-refractivity contribution in [1.29, 1.82) is 0 Å². The Bertz CT molecular complexity index is 316. The molecule has 0 aromatic carbocycles. The molecule has 0 atom stereocenters. The van der Waals surface area contributed by atoms with Gasteiger partial charge in [0.2, 0.25) is 0 Å². The van der Waals surface area contributed by atoms with Gasteiger partial charge in [-0.05, 0) is 26.3 Å². The third-order valence-corrected chi connectivity index (χ3v) is 4.01. The third-order valence-electron chi connectivity index (χ3n) is 2.79. The van der Waals surface area contributed by atoms with Gasteiger partial charge in [-0.25, -0.2) is 4.98 Å². The molecule has 1 aromatic rings. The maximum absolute atomic E-state index is 4.65. The summed E-state index contributed by atoms with van der Waals surface area (Å²) in [5, 5.41) is 4.58. The van der Waals surface area contributed by atoms with Gasteiger partial charge < -0.3 is 10.2 Å². The van der Waals surface area contributed by atoms with Gasteiger partial charge in [0.05, 0.1) is 5.69 Å². The molecule has 1 saturated heterocycles. The van der Waals surface area contributed by atoms with E-state index >= 15 is 0 Å². The molecule has 1 N–H and O–H groups in total. The second-order valence-electron chi connectivity index (χ2n) is 3.98. The number of anilines is 1. The van der Waals surface area contributed by atoms with Gasteiger partial charge in [0.1, 0.15) is 0 Å². The van der Waals surface area contributed by atoms with Crippen LogP contribution < -0.4 is 10.2 Å². The zero-order valence-electron chi connectivity index (χ0n) is 9.55. The zero-order valence-corrected chi connectivity index (χ0v) is 10.4. The summed E-state index contributed by atoms with van der Waals surface area (Å²) in [5.74, 6) is 0. The van der Waals surface area contributed by atoms with E-state index in [1.165, 1.54) is 41.6 Å². The van der Waals surface area contributed by atoms with Gasteiger partial charge >= 0.3 is 0 Å². The first-order chi connectivity index (χ1) is 7.31. The molecule has 0 aliphatic carbocycles. The van der Waals surface area contributed by atoms with Crippen molar-refractivity contribution in [1.82, 2.24) is 10.3 Å². The van der Waals surface area contributed by atoms with Crippen molar-refractivity contribution in [2.24, 2.45) is 0 Å². The normalized spacial score (nSPS) is 16.3. The fourth-order valence-corrected chi connectivity index (χ4v) is 2.94. The molecule has 1 aromatic heterocycles. The quantitative estimate of drug-likeness (QED) is 0.851. The summed E-state index contributed by atoms with van der Waals surface area (Å²) in [6.07, 6.45) is 2.64. The summed E-state index contributed by atoms with van der Waals surface area (Å²) in [7, 11) is 0. The van der Waals surface area contributed by atoms with Gasteiger partial charge in [0.25, 0.3) is 0 Å². The highest BCUT2D eigenvalue weighted by atomic mass is 32.1. The molecule has 1 aliphatic rings. The van der Waals surface area contributed by atoms with Crippen LogP contribution in [-0.2, 0) is 6.54 Å². The van der Waals surface area contributed by atoms with Crippen LogP contribution in [0.4, 0.5) is 5.13 Å². The lowest BCUT2D eigenvalue weighted by molar-refractivity contribution is 0.731. The smallest absolute Gasteiger partial charge is 0.185 e. The predicted molar refractivity (Wildman–Crippen MR) is 65.7 cm³/mol. The molecule has 1 fully saturated rings. The van der Waals surface area contributed by atoms with Crippen molar-refractivity contribution in [2.75, 3.05) is 24.5 Å². The Morgan fingerprint density at radius 2 is 2.13 bits per heavy atom. The van der Waals surface area contributed by atoms with Crippen molar-refractivity contribution < 1.29 is 0 Å². The molecule has 0 unspecified atom stereocenters. The van der Waals surface area contributed by atoms with Crippen molar-refractivity contribution in [3.05, 3.63) is 10.6 Å². The monoisotopic (exact) mass is 225 g/mol. The predicted octanol–water partition coefficient (Wildman–Crippen LogP) is 2.16. The molecule has 2 heterocycles. The van der Waals surface area contributed by atoms with Crippen molar-refractivity contribution in [2.45, 2.75) is 33.2 Å². The van der Waals surface area contributed by atoms with Crippen LogP contribution in [0.1, 0.15) is 30.3 Å². The maximum atomic E-state index is 4.65. The first kappa shape index (κ1) is 10.9. The lowest BCUT2D eigenvalue weighted by atomic mass is 10.4. The van der Waals surface area contributed by atoms with E-state index in [4.69, 9.17) is 0 Å². The number of hydrogen-bond donors (Lipinski definition) is 1. The average Bonchev–Trinajstić information content (AvgIpc) is 2.83. The van der Waals surface area contributed by atoms with Crippen LogP contribution in [0.3, 0.4) is 0 Å². The van der Waals surface area contributed by atoms with Gasteiger partial charge in [-0.3, -0.25) is 0 Å². The standard InChI is InChI=1S/C11H19N3S/c1-3-12-8-10-9(2)13-11(15-10)14-6-4-5-7-14/h12H,3-8H2,1-2H3. The maximum Gasteiger partial charge on any atom is 0.185 e. The van der Waals surface area contributed by atoms with Crippen molar-refractivity contribution >= 4 is 16.5 Å². The lowest BCUT2D eigenvalue weighted by Crippen LogP contribution is -2.17. The highest BCUT2D eigenvalue weighted by Crippen LogP contribution is 2.28. The third kappa shape index (κ3) is 2.49. The molecule has 0 radical (unpaired) electrons. The van der Waals surface area contributed by atoms with E-state index in [0.29, 0.717) is 0 Å². The largest absolute Gasteiger partial charge is 0.348 e. The van der Waals surface area contributed by atoms with Crippen molar-refractivity contribution in [3.63, 3.8) is 0 Å². The fourth-order valence-electron chi connectivity index (χ4n) is 1.86. The summed E-state index contributed by atoms with van der Waals surface area (Å²) < 4.78 is 0. The summed E-state index contributed by atoms with van der Waals surface area (Å²) >= 11 is 1.85. The van der Waals surface area contributed by atoms with E-state index in [-0.39, 0.29) is 0 Å². The molecule has 15 heavy (non-hydrogen) atoms. The van der Waals surface area contributed by atoms with Crippen LogP contribution >= 0.6 is 11.3 Å². The van der Waals surface area contributed by atoms with E-state index in [1.54, 1.807) is 0 Å². The van der Waals surface area contributed by atoms with Gasteiger partial charge in [-0.2, -0.15) is 0 Å². The zero-order chi connectivity index (χ0) is 10.7. The minimum Gasteiger partial charge on any atom is -0.348 e.